The summed E-state index contributed by atoms with van der Waals surface area (Å²) < 4.78 is 15.6. The van der Waals surface area contributed by atoms with E-state index in [-0.39, 0.29) is 5.82 Å². The molecule has 0 bridgehead atoms. The Morgan fingerprint density at radius 2 is 2.05 bits per heavy atom. The molecular weight excluding hydrogens is 265 g/mol. The minimum Gasteiger partial charge on any atom is -0.310 e. The highest BCUT2D eigenvalue weighted by Gasteiger charge is 2.15. The van der Waals surface area contributed by atoms with Crippen LogP contribution in [0, 0.1) is 18.7 Å². The van der Waals surface area contributed by atoms with Gasteiger partial charge in [-0.25, -0.2) is 4.39 Å². The fourth-order valence-corrected chi connectivity index (χ4v) is 2.13. The van der Waals surface area contributed by atoms with Crippen LogP contribution in [0.3, 0.4) is 0 Å². The van der Waals surface area contributed by atoms with E-state index in [4.69, 9.17) is 11.6 Å². The van der Waals surface area contributed by atoms with E-state index in [1.807, 2.05) is 10.6 Å². The van der Waals surface area contributed by atoms with Gasteiger partial charge in [-0.15, -0.1) is 21.8 Å². The fourth-order valence-electron chi connectivity index (χ4n) is 1.94. The second-order valence-corrected chi connectivity index (χ2v) is 5.31. The Hall–Kier alpha value is -1.42. The molecule has 0 aliphatic carbocycles. The molecule has 19 heavy (non-hydrogen) atoms. The molecule has 1 aromatic heterocycles. The average molecular weight is 282 g/mol. The van der Waals surface area contributed by atoms with Crippen molar-refractivity contribution in [2.24, 2.45) is 5.92 Å². The summed E-state index contributed by atoms with van der Waals surface area (Å²) in [6.07, 6.45) is 0. The number of halogens is 2. The second-order valence-electron chi connectivity index (χ2n) is 5.04. The van der Waals surface area contributed by atoms with Gasteiger partial charge in [0.2, 0.25) is 0 Å². The Morgan fingerprint density at radius 1 is 1.32 bits per heavy atom. The lowest BCUT2D eigenvalue weighted by molar-refractivity contribution is 0.515. The maximum atomic E-state index is 13.7. The predicted octanol–water partition coefficient (Wildman–Crippen LogP) is 3.79. The van der Waals surface area contributed by atoms with Crippen LogP contribution in [0.15, 0.2) is 18.2 Å². The molecular formula is C14H17ClFN3. The number of rotatable bonds is 4. The van der Waals surface area contributed by atoms with Crippen LogP contribution in [-0.2, 0) is 12.4 Å². The molecule has 0 fully saturated rings. The smallest absolute Gasteiger partial charge is 0.164 e. The van der Waals surface area contributed by atoms with Crippen molar-refractivity contribution >= 4 is 11.6 Å². The van der Waals surface area contributed by atoms with E-state index in [0.717, 1.165) is 12.1 Å². The number of alkyl halides is 1. The van der Waals surface area contributed by atoms with Crippen molar-refractivity contribution in [1.82, 2.24) is 14.8 Å². The highest BCUT2D eigenvalue weighted by atomic mass is 35.5. The first-order valence-corrected chi connectivity index (χ1v) is 6.81. The summed E-state index contributed by atoms with van der Waals surface area (Å²) >= 11 is 5.88. The van der Waals surface area contributed by atoms with Crippen LogP contribution in [-0.4, -0.2) is 14.8 Å². The van der Waals surface area contributed by atoms with Crippen LogP contribution in [0.1, 0.15) is 25.2 Å². The lowest BCUT2D eigenvalue weighted by Gasteiger charge is -2.12. The van der Waals surface area contributed by atoms with Gasteiger partial charge in [-0.3, -0.25) is 0 Å². The van der Waals surface area contributed by atoms with Crippen molar-refractivity contribution in [3.63, 3.8) is 0 Å². The molecule has 0 unspecified atom stereocenters. The molecule has 0 saturated carbocycles. The Morgan fingerprint density at radius 3 is 2.63 bits per heavy atom. The van der Waals surface area contributed by atoms with Crippen LogP contribution in [0.4, 0.5) is 4.39 Å². The molecule has 1 heterocycles. The quantitative estimate of drug-likeness (QED) is 0.799. The minimum absolute atomic E-state index is 0.232. The van der Waals surface area contributed by atoms with E-state index in [0.29, 0.717) is 29.0 Å². The van der Waals surface area contributed by atoms with Crippen molar-refractivity contribution < 1.29 is 4.39 Å². The van der Waals surface area contributed by atoms with E-state index in [1.54, 1.807) is 13.0 Å². The maximum Gasteiger partial charge on any atom is 0.164 e. The monoisotopic (exact) mass is 281 g/mol. The molecule has 3 nitrogen and oxygen atoms in total. The normalized spacial score (nSPS) is 11.3. The van der Waals surface area contributed by atoms with Crippen molar-refractivity contribution in [2.45, 2.75) is 33.2 Å². The molecule has 2 rings (SSSR count). The predicted molar refractivity (Wildman–Crippen MR) is 74.5 cm³/mol. The summed E-state index contributed by atoms with van der Waals surface area (Å²) in [5, 5.41) is 8.22. The number of nitrogens with zero attached hydrogens (tertiary/aromatic N) is 3. The summed E-state index contributed by atoms with van der Waals surface area (Å²) in [5.41, 5.74) is 1.35. The summed E-state index contributed by atoms with van der Waals surface area (Å²) in [5.74, 6) is 1.89. The van der Waals surface area contributed by atoms with Gasteiger partial charge in [0.15, 0.2) is 5.82 Å². The Labute approximate surface area is 117 Å². The molecule has 0 spiro atoms. The van der Waals surface area contributed by atoms with Crippen LogP contribution in [0.5, 0.6) is 0 Å². The lowest BCUT2D eigenvalue weighted by atomic mass is 10.1. The van der Waals surface area contributed by atoms with Gasteiger partial charge in [0.05, 0.1) is 5.88 Å². The van der Waals surface area contributed by atoms with E-state index < -0.39 is 0 Å². The van der Waals surface area contributed by atoms with Crippen molar-refractivity contribution in [3.8, 4) is 11.4 Å². The van der Waals surface area contributed by atoms with Crippen molar-refractivity contribution in [3.05, 3.63) is 35.4 Å². The van der Waals surface area contributed by atoms with E-state index in [2.05, 4.69) is 24.0 Å². The number of hydrogen-bond donors (Lipinski definition) is 0. The van der Waals surface area contributed by atoms with E-state index >= 15 is 0 Å². The van der Waals surface area contributed by atoms with Crippen LogP contribution >= 0.6 is 11.6 Å². The molecule has 0 atom stereocenters. The number of aromatic nitrogens is 3. The SMILES string of the molecule is Cc1ccc(-c2nnc(CCl)n2CC(C)C)cc1F. The standard InChI is InChI=1S/C14H17ClFN3/c1-9(2)8-19-13(7-15)17-18-14(19)11-5-4-10(3)12(16)6-11/h4-6,9H,7-8H2,1-3H3. The largest absolute Gasteiger partial charge is 0.310 e. The molecule has 102 valence electrons. The Bertz CT molecular complexity index is 578. The highest BCUT2D eigenvalue weighted by Crippen LogP contribution is 2.22. The highest BCUT2D eigenvalue weighted by molar-refractivity contribution is 6.16. The molecule has 5 heteroatoms. The van der Waals surface area contributed by atoms with E-state index in [1.165, 1.54) is 6.07 Å². The van der Waals surface area contributed by atoms with Crippen molar-refractivity contribution in [2.75, 3.05) is 0 Å². The topological polar surface area (TPSA) is 30.7 Å². The third-order valence-corrected chi connectivity index (χ3v) is 3.16. The lowest BCUT2D eigenvalue weighted by Crippen LogP contribution is -2.09. The molecule has 0 amide bonds. The van der Waals surface area contributed by atoms with Crippen LogP contribution < -0.4 is 0 Å². The summed E-state index contributed by atoms with van der Waals surface area (Å²) in [6.45, 7) is 6.72. The van der Waals surface area contributed by atoms with Gasteiger partial charge in [-0.2, -0.15) is 0 Å². The summed E-state index contributed by atoms with van der Waals surface area (Å²) in [4.78, 5) is 0. The Balaban J connectivity index is 2.48. The van der Waals surface area contributed by atoms with Gasteiger partial charge in [0.1, 0.15) is 11.6 Å². The van der Waals surface area contributed by atoms with E-state index in [9.17, 15) is 4.39 Å². The van der Waals surface area contributed by atoms with Gasteiger partial charge in [-0.1, -0.05) is 26.0 Å². The maximum absolute atomic E-state index is 13.7. The molecule has 0 saturated heterocycles. The first-order chi connectivity index (χ1) is 9.02. The Kier molecular flexibility index (Phi) is 4.20. The fraction of sp³-hybridized carbons (Fsp3) is 0.429. The number of hydrogen-bond acceptors (Lipinski definition) is 2. The molecule has 0 aliphatic rings. The third kappa shape index (κ3) is 2.95. The summed E-state index contributed by atoms with van der Waals surface area (Å²) in [6, 6.07) is 5.10. The zero-order valence-electron chi connectivity index (χ0n) is 11.3. The summed E-state index contributed by atoms with van der Waals surface area (Å²) in [7, 11) is 0. The van der Waals surface area contributed by atoms with Gasteiger partial charge < -0.3 is 4.57 Å². The van der Waals surface area contributed by atoms with Gasteiger partial charge in [0, 0.05) is 12.1 Å². The average Bonchev–Trinajstić information content (AvgIpc) is 2.75. The number of benzene rings is 1. The molecule has 1 aromatic carbocycles. The van der Waals surface area contributed by atoms with Crippen molar-refractivity contribution in [1.29, 1.82) is 0 Å². The van der Waals surface area contributed by atoms with Gasteiger partial charge >= 0.3 is 0 Å². The van der Waals surface area contributed by atoms with Gasteiger partial charge in [0.25, 0.3) is 0 Å². The van der Waals surface area contributed by atoms with Gasteiger partial charge in [-0.05, 0) is 24.5 Å². The second kappa shape index (κ2) is 5.70. The molecule has 0 radical (unpaired) electrons. The molecule has 0 N–H and O–H groups in total. The number of aryl methyl sites for hydroxylation is 1. The zero-order chi connectivity index (χ0) is 14.0. The zero-order valence-corrected chi connectivity index (χ0v) is 12.1. The third-order valence-electron chi connectivity index (χ3n) is 2.92. The first kappa shape index (κ1) is 14.0. The van der Waals surface area contributed by atoms with Crippen LogP contribution in [0.25, 0.3) is 11.4 Å². The molecule has 2 aromatic rings. The minimum atomic E-state index is -0.232. The first-order valence-electron chi connectivity index (χ1n) is 6.27. The molecule has 0 aliphatic heterocycles. The van der Waals surface area contributed by atoms with Crippen LogP contribution in [0.2, 0.25) is 0 Å².